The Balaban J connectivity index is 2.24. The molecule has 0 unspecified atom stereocenters. The van der Waals surface area contributed by atoms with Crippen LogP contribution in [-0.4, -0.2) is 9.55 Å². The summed E-state index contributed by atoms with van der Waals surface area (Å²) in [4.78, 5) is 3.06. The second-order valence-electron chi connectivity index (χ2n) is 3.99. The van der Waals surface area contributed by atoms with Crippen molar-refractivity contribution in [3.63, 3.8) is 0 Å². The predicted molar refractivity (Wildman–Crippen MR) is 69.3 cm³/mol. The Morgan fingerprint density at radius 2 is 1.81 bits per heavy atom. The van der Waals surface area contributed by atoms with Gasteiger partial charge in [-0.15, -0.1) is 0 Å². The van der Waals surface area contributed by atoms with Crippen molar-refractivity contribution < 1.29 is 0 Å². The smallest absolute Gasteiger partial charge is 0.177 e. The number of benzene rings is 1. The maximum Gasteiger partial charge on any atom is 0.177 e. The molecule has 0 radical (unpaired) electrons. The highest BCUT2D eigenvalue weighted by Gasteiger charge is 2.00. The van der Waals surface area contributed by atoms with Crippen molar-refractivity contribution in [2.45, 2.75) is 26.8 Å². The fourth-order valence-corrected chi connectivity index (χ4v) is 2.01. The second kappa shape index (κ2) is 4.66. The monoisotopic (exact) mass is 232 g/mol. The quantitative estimate of drug-likeness (QED) is 0.804. The molecule has 3 heteroatoms. The number of aromatic nitrogens is 2. The Morgan fingerprint density at radius 3 is 2.31 bits per heavy atom. The molecule has 0 atom stereocenters. The topological polar surface area (TPSA) is 20.7 Å². The summed E-state index contributed by atoms with van der Waals surface area (Å²) >= 11 is 5.23. The predicted octanol–water partition coefficient (Wildman–Crippen LogP) is 3.46. The summed E-state index contributed by atoms with van der Waals surface area (Å²) in [5.41, 5.74) is 3.83. The first-order chi connectivity index (χ1) is 7.70. The third-order valence-corrected chi connectivity index (χ3v) is 3.19. The van der Waals surface area contributed by atoms with Crippen molar-refractivity contribution in [3.05, 3.63) is 52.1 Å². The zero-order chi connectivity index (χ0) is 11.5. The summed E-state index contributed by atoms with van der Waals surface area (Å²) in [6.45, 7) is 5.08. The van der Waals surface area contributed by atoms with Crippen LogP contribution in [0.1, 0.15) is 23.7 Å². The molecule has 2 nitrogen and oxygen atoms in total. The van der Waals surface area contributed by atoms with Gasteiger partial charge in [0.1, 0.15) is 0 Å². The Hall–Kier alpha value is -1.35. The van der Waals surface area contributed by atoms with E-state index in [1.165, 1.54) is 16.8 Å². The van der Waals surface area contributed by atoms with Crippen molar-refractivity contribution in [3.8, 4) is 0 Å². The lowest BCUT2D eigenvalue weighted by Gasteiger charge is -2.06. The van der Waals surface area contributed by atoms with Crippen LogP contribution in [0.4, 0.5) is 0 Å². The van der Waals surface area contributed by atoms with Gasteiger partial charge in [-0.2, -0.15) is 0 Å². The highest BCUT2D eigenvalue weighted by molar-refractivity contribution is 7.71. The van der Waals surface area contributed by atoms with Crippen LogP contribution in [0.2, 0.25) is 0 Å². The van der Waals surface area contributed by atoms with Crippen molar-refractivity contribution in [1.29, 1.82) is 0 Å². The van der Waals surface area contributed by atoms with Crippen LogP contribution in [0.25, 0.3) is 0 Å². The highest BCUT2D eigenvalue weighted by atomic mass is 32.1. The minimum absolute atomic E-state index is 0.789. The van der Waals surface area contributed by atoms with Gasteiger partial charge in [0, 0.05) is 11.9 Å². The van der Waals surface area contributed by atoms with E-state index in [9.17, 15) is 0 Å². The number of nitrogens with zero attached hydrogens (tertiary/aromatic N) is 1. The van der Waals surface area contributed by atoms with E-state index in [2.05, 4.69) is 47.7 Å². The van der Waals surface area contributed by atoms with Crippen LogP contribution in [0, 0.1) is 11.7 Å². The number of rotatable bonds is 3. The van der Waals surface area contributed by atoms with Crippen LogP contribution in [0.3, 0.4) is 0 Å². The van der Waals surface area contributed by atoms with Gasteiger partial charge in [-0.05, 0) is 36.7 Å². The molecule has 1 aromatic carbocycles. The minimum atomic E-state index is 0.789. The lowest BCUT2D eigenvalue weighted by Crippen LogP contribution is -2.01. The number of hydrogen-bond acceptors (Lipinski definition) is 1. The molecule has 0 aliphatic rings. The van der Waals surface area contributed by atoms with Crippen molar-refractivity contribution >= 4 is 12.2 Å². The summed E-state index contributed by atoms with van der Waals surface area (Å²) < 4.78 is 2.90. The van der Waals surface area contributed by atoms with E-state index in [-0.39, 0.29) is 0 Å². The normalized spacial score (nSPS) is 10.6. The maximum atomic E-state index is 5.23. The number of H-pyrrole nitrogens is 1. The van der Waals surface area contributed by atoms with Crippen LogP contribution in [0.5, 0.6) is 0 Å². The number of aryl methyl sites for hydroxylation is 2. The molecule has 0 spiro atoms. The molecule has 1 N–H and O–H groups in total. The van der Waals surface area contributed by atoms with Crippen molar-refractivity contribution in [2.24, 2.45) is 0 Å². The van der Waals surface area contributed by atoms with Gasteiger partial charge in [-0.25, -0.2) is 0 Å². The second-order valence-corrected chi connectivity index (χ2v) is 4.38. The standard InChI is InChI=1S/C13H16N2S/c1-3-11-4-6-12(7-5-11)9-15-10(2)8-14-13(15)16/h4-8H,3,9H2,1-2H3,(H,14,16). The summed E-state index contributed by atoms with van der Waals surface area (Å²) in [5, 5.41) is 0. The number of imidazole rings is 1. The van der Waals surface area contributed by atoms with E-state index in [0.29, 0.717) is 0 Å². The molecule has 2 rings (SSSR count). The summed E-state index contributed by atoms with van der Waals surface area (Å²) in [7, 11) is 0. The number of hydrogen-bond donors (Lipinski definition) is 1. The summed E-state index contributed by atoms with van der Waals surface area (Å²) in [5.74, 6) is 0. The average Bonchev–Trinajstić information content (AvgIpc) is 2.62. The van der Waals surface area contributed by atoms with Gasteiger partial charge in [0.2, 0.25) is 0 Å². The van der Waals surface area contributed by atoms with Gasteiger partial charge >= 0.3 is 0 Å². The zero-order valence-electron chi connectivity index (χ0n) is 9.66. The van der Waals surface area contributed by atoms with E-state index in [4.69, 9.17) is 12.2 Å². The van der Waals surface area contributed by atoms with Gasteiger partial charge in [0.25, 0.3) is 0 Å². The SMILES string of the molecule is CCc1ccc(Cn2c(C)c[nH]c2=S)cc1. The molecular weight excluding hydrogens is 216 g/mol. The molecule has 0 bridgehead atoms. The van der Waals surface area contributed by atoms with Crippen molar-refractivity contribution in [1.82, 2.24) is 9.55 Å². The van der Waals surface area contributed by atoms with E-state index in [1.807, 2.05) is 6.20 Å². The minimum Gasteiger partial charge on any atom is -0.337 e. The maximum absolute atomic E-state index is 5.23. The Morgan fingerprint density at radius 1 is 1.19 bits per heavy atom. The number of nitrogens with one attached hydrogen (secondary N) is 1. The molecule has 1 heterocycles. The van der Waals surface area contributed by atoms with Crippen LogP contribution in [-0.2, 0) is 13.0 Å². The largest absolute Gasteiger partial charge is 0.337 e. The molecule has 0 aliphatic heterocycles. The fraction of sp³-hybridized carbons (Fsp3) is 0.308. The molecule has 0 fully saturated rings. The lowest BCUT2D eigenvalue weighted by atomic mass is 10.1. The number of aromatic amines is 1. The molecule has 0 amide bonds. The van der Waals surface area contributed by atoms with Gasteiger partial charge in [-0.3, -0.25) is 0 Å². The van der Waals surface area contributed by atoms with E-state index in [1.54, 1.807) is 0 Å². The average molecular weight is 232 g/mol. The summed E-state index contributed by atoms with van der Waals surface area (Å²) in [6.07, 6.45) is 3.03. The van der Waals surface area contributed by atoms with E-state index >= 15 is 0 Å². The van der Waals surface area contributed by atoms with Gasteiger partial charge in [0.15, 0.2) is 4.77 Å². The molecule has 16 heavy (non-hydrogen) atoms. The molecule has 84 valence electrons. The summed E-state index contributed by atoms with van der Waals surface area (Å²) in [6, 6.07) is 8.71. The molecule has 0 saturated heterocycles. The van der Waals surface area contributed by atoms with Crippen LogP contribution in [0.15, 0.2) is 30.5 Å². The van der Waals surface area contributed by atoms with Gasteiger partial charge < -0.3 is 9.55 Å². The molecule has 1 aromatic heterocycles. The van der Waals surface area contributed by atoms with Crippen molar-refractivity contribution in [2.75, 3.05) is 0 Å². The third-order valence-electron chi connectivity index (χ3n) is 2.85. The Kier molecular flexibility index (Phi) is 3.25. The molecule has 0 saturated carbocycles. The first-order valence-electron chi connectivity index (χ1n) is 5.53. The van der Waals surface area contributed by atoms with E-state index < -0.39 is 0 Å². The highest BCUT2D eigenvalue weighted by Crippen LogP contribution is 2.09. The first-order valence-corrected chi connectivity index (χ1v) is 5.94. The molecule has 2 aromatic rings. The third kappa shape index (κ3) is 2.25. The Bertz CT molecular complexity index is 520. The van der Waals surface area contributed by atoms with Crippen LogP contribution >= 0.6 is 12.2 Å². The fourth-order valence-electron chi connectivity index (χ4n) is 1.74. The molecular formula is C13H16N2S. The van der Waals surface area contributed by atoms with E-state index in [0.717, 1.165) is 17.7 Å². The van der Waals surface area contributed by atoms with Crippen LogP contribution < -0.4 is 0 Å². The zero-order valence-corrected chi connectivity index (χ0v) is 10.5. The first kappa shape index (κ1) is 11.1. The Labute approximate surface area is 101 Å². The lowest BCUT2D eigenvalue weighted by molar-refractivity contribution is 0.757. The van der Waals surface area contributed by atoms with Gasteiger partial charge in [-0.1, -0.05) is 31.2 Å². The molecule has 0 aliphatic carbocycles. The van der Waals surface area contributed by atoms with Gasteiger partial charge in [0.05, 0.1) is 6.54 Å².